The van der Waals surface area contributed by atoms with E-state index in [2.05, 4.69) is 36.9 Å². The SMILES string of the molecule is Cc1cc(C)c(N2CCSC2=NC(=O)N=CC(F)c2ccc(-c3ncn(-c4ccc(OC(F)(F)F)cc4)n3)cc2)c(C)c1. The summed E-state index contributed by atoms with van der Waals surface area (Å²) >= 11 is 1.46. The van der Waals surface area contributed by atoms with Crippen LogP contribution in [0.1, 0.15) is 28.4 Å². The van der Waals surface area contributed by atoms with Crippen LogP contribution in [0.5, 0.6) is 5.75 Å². The number of hydrogen-bond acceptors (Lipinski definition) is 5. The maximum atomic E-state index is 14.9. The highest BCUT2D eigenvalue weighted by atomic mass is 32.2. The first kappa shape index (κ1) is 30.0. The van der Waals surface area contributed by atoms with Gasteiger partial charge in [0.15, 0.2) is 17.2 Å². The number of aromatic nitrogens is 3. The predicted molar refractivity (Wildman–Crippen MR) is 159 cm³/mol. The van der Waals surface area contributed by atoms with Crippen LogP contribution in [0.2, 0.25) is 0 Å². The number of nitrogens with zero attached hydrogens (tertiary/aromatic N) is 6. The molecule has 2 heterocycles. The van der Waals surface area contributed by atoms with E-state index in [0.29, 0.717) is 28.8 Å². The third kappa shape index (κ3) is 7.28. The normalized spacial score (nSPS) is 15.4. The number of hydrogen-bond donors (Lipinski definition) is 0. The number of anilines is 1. The molecule has 1 saturated heterocycles. The lowest BCUT2D eigenvalue weighted by Gasteiger charge is -2.22. The Morgan fingerprint density at radius 1 is 1.05 bits per heavy atom. The predicted octanol–water partition coefficient (Wildman–Crippen LogP) is 7.57. The third-order valence-electron chi connectivity index (χ3n) is 6.50. The van der Waals surface area contributed by atoms with Gasteiger partial charge in [-0.3, -0.25) is 0 Å². The van der Waals surface area contributed by atoms with E-state index in [1.807, 2.05) is 25.7 Å². The molecule has 0 saturated carbocycles. The van der Waals surface area contributed by atoms with Gasteiger partial charge in [0.2, 0.25) is 0 Å². The van der Waals surface area contributed by atoms with Crippen LogP contribution in [-0.2, 0) is 0 Å². The van der Waals surface area contributed by atoms with E-state index in [-0.39, 0.29) is 11.3 Å². The monoisotopic (exact) mass is 610 g/mol. The van der Waals surface area contributed by atoms with Crippen LogP contribution in [-0.4, -0.2) is 50.8 Å². The molecule has 1 aromatic heterocycles. The lowest BCUT2D eigenvalue weighted by Crippen LogP contribution is -2.26. The summed E-state index contributed by atoms with van der Waals surface area (Å²) in [6, 6.07) is 14.9. The number of halogens is 4. The minimum absolute atomic E-state index is 0.274. The molecule has 5 rings (SSSR count). The zero-order valence-electron chi connectivity index (χ0n) is 23.3. The topological polar surface area (TPSA) is 85.0 Å². The second-order valence-corrected chi connectivity index (χ2v) is 10.8. The van der Waals surface area contributed by atoms with Crippen LogP contribution in [0.25, 0.3) is 17.1 Å². The molecule has 2 amide bonds. The van der Waals surface area contributed by atoms with E-state index in [0.717, 1.165) is 34.3 Å². The largest absolute Gasteiger partial charge is 0.573 e. The fourth-order valence-corrected chi connectivity index (χ4v) is 5.70. The fourth-order valence-electron chi connectivity index (χ4n) is 4.76. The Kier molecular flexibility index (Phi) is 8.62. The van der Waals surface area contributed by atoms with Gasteiger partial charge in [0.05, 0.1) is 5.69 Å². The van der Waals surface area contributed by atoms with Crippen LogP contribution >= 0.6 is 11.8 Å². The van der Waals surface area contributed by atoms with E-state index in [1.54, 1.807) is 12.1 Å². The standard InChI is InChI=1S/C30H26F4N6O2S/c1-18-14-19(2)26(20(3)15-18)39-12-13-43-29(39)37-28(41)35-16-25(31)21-4-6-22(7-5-21)27-36-17-40(38-27)23-8-10-24(11-9-23)42-30(32,33)34/h4-11,14-17,25H,12-13H2,1-3H3. The zero-order chi connectivity index (χ0) is 30.7. The van der Waals surface area contributed by atoms with Crippen molar-refractivity contribution in [2.75, 3.05) is 17.2 Å². The summed E-state index contributed by atoms with van der Waals surface area (Å²) < 4.78 is 57.3. The third-order valence-corrected chi connectivity index (χ3v) is 7.46. The number of amides is 2. The van der Waals surface area contributed by atoms with Gasteiger partial charge in [-0.1, -0.05) is 53.7 Å². The maximum Gasteiger partial charge on any atom is 0.573 e. The molecule has 4 aromatic rings. The summed E-state index contributed by atoms with van der Waals surface area (Å²) in [5.41, 5.74) is 5.69. The Morgan fingerprint density at radius 2 is 1.72 bits per heavy atom. The van der Waals surface area contributed by atoms with Gasteiger partial charge in [0.25, 0.3) is 0 Å². The number of carbonyl (C=O) groups excluding carboxylic acids is 1. The Balaban J connectivity index is 1.23. The molecule has 0 bridgehead atoms. The highest BCUT2D eigenvalue weighted by molar-refractivity contribution is 8.14. The molecule has 3 aromatic carbocycles. The molecule has 8 nitrogen and oxygen atoms in total. The van der Waals surface area contributed by atoms with Crippen molar-refractivity contribution in [2.45, 2.75) is 33.3 Å². The molecule has 222 valence electrons. The van der Waals surface area contributed by atoms with Gasteiger partial charge in [-0.15, -0.1) is 18.3 Å². The second-order valence-electron chi connectivity index (χ2n) is 9.78. The lowest BCUT2D eigenvalue weighted by atomic mass is 10.0. The summed E-state index contributed by atoms with van der Waals surface area (Å²) in [6.45, 7) is 6.79. The van der Waals surface area contributed by atoms with Crippen LogP contribution < -0.4 is 9.64 Å². The molecule has 1 aliphatic heterocycles. The average molecular weight is 611 g/mol. The Bertz CT molecular complexity index is 1660. The molecule has 1 atom stereocenters. The highest BCUT2D eigenvalue weighted by Crippen LogP contribution is 2.32. The van der Waals surface area contributed by atoms with Crippen LogP contribution in [0, 0.1) is 20.8 Å². The summed E-state index contributed by atoms with van der Waals surface area (Å²) in [5, 5.41) is 4.87. The second kappa shape index (κ2) is 12.4. The number of thioether (sulfide) groups is 1. The molecule has 1 fully saturated rings. The summed E-state index contributed by atoms with van der Waals surface area (Å²) in [7, 11) is 0. The van der Waals surface area contributed by atoms with Gasteiger partial charge < -0.3 is 9.64 Å². The molecule has 0 aliphatic carbocycles. The number of aliphatic imine (C=N–C) groups is 2. The van der Waals surface area contributed by atoms with Gasteiger partial charge >= 0.3 is 12.4 Å². The van der Waals surface area contributed by atoms with E-state index in [4.69, 9.17) is 0 Å². The van der Waals surface area contributed by atoms with Crippen molar-refractivity contribution in [1.82, 2.24) is 14.8 Å². The number of carbonyl (C=O) groups is 1. The Labute approximate surface area is 249 Å². The molecule has 43 heavy (non-hydrogen) atoms. The number of benzene rings is 3. The Morgan fingerprint density at radius 3 is 2.37 bits per heavy atom. The van der Waals surface area contributed by atoms with E-state index in [1.165, 1.54) is 59.2 Å². The van der Waals surface area contributed by atoms with Crippen LogP contribution in [0.15, 0.2) is 77.0 Å². The molecule has 0 spiro atoms. The minimum Gasteiger partial charge on any atom is -0.406 e. The van der Waals surface area contributed by atoms with E-state index in [9.17, 15) is 22.4 Å². The Hall–Kier alpha value is -4.52. The molecule has 13 heteroatoms. The number of ether oxygens (including phenoxy) is 1. The molecule has 1 aliphatic rings. The minimum atomic E-state index is -4.78. The van der Waals surface area contributed by atoms with Crippen molar-refractivity contribution in [3.63, 3.8) is 0 Å². The first-order chi connectivity index (χ1) is 20.5. The molecule has 1 unspecified atom stereocenters. The first-order valence-corrected chi connectivity index (χ1v) is 14.1. The smallest absolute Gasteiger partial charge is 0.406 e. The first-order valence-electron chi connectivity index (χ1n) is 13.1. The zero-order valence-corrected chi connectivity index (χ0v) is 24.2. The molecule has 0 N–H and O–H groups in total. The van der Waals surface area contributed by atoms with Crippen molar-refractivity contribution in [2.24, 2.45) is 9.98 Å². The van der Waals surface area contributed by atoms with Gasteiger partial charge in [-0.2, -0.15) is 4.99 Å². The summed E-state index contributed by atoms with van der Waals surface area (Å²) in [5.74, 6) is 0.754. The lowest BCUT2D eigenvalue weighted by molar-refractivity contribution is -0.274. The van der Waals surface area contributed by atoms with Crippen molar-refractivity contribution in [3.05, 3.63) is 89.2 Å². The quantitative estimate of drug-likeness (QED) is 0.165. The number of alkyl halides is 4. The van der Waals surface area contributed by atoms with Gasteiger partial charge in [-0.25, -0.2) is 23.8 Å². The van der Waals surface area contributed by atoms with E-state index >= 15 is 0 Å². The van der Waals surface area contributed by atoms with Crippen LogP contribution in [0.3, 0.4) is 0 Å². The molecular formula is C30H26F4N6O2S. The van der Waals surface area contributed by atoms with E-state index < -0.39 is 18.6 Å². The average Bonchev–Trinajstić information content (AvgIpc) is 3.61. The summed E-state index contributed by atoms with van der Waals surface area (Å²) in [6.07, 6.45) is -4.09. The van der Waals surface area contributed by atoms with Crippen molar-refractivity contribution in [1.29, 1.82) is 0 Å². The number of aryl methyl sites for hydroxylation is 3. The van der Waals surface area contributed by atoms with Crippen molar-refractivity contribution >= 4 is 34.9 Å². The number of rotatable bonds is 6. The number of urea groups is 1. The van der Waals surface area contributed by atoms with Gasteiger partial charge in [0.1, 0.15) is 12.1 Å². The van der Waals surface area contributed by atoms with Crippen molar-refractivity contribution < 1.29 is 27.1 Å². The van der Waals surface area contributed by atoms with Gasteiger partial charge in [0, 0.05) is 29.8 Å². The van der Waals surface area contributed by atoms with Gasteiger partial charge in [-0.05, 0) is 61.7 Å². The number of amidine groups is 1. The highest BCUT2D eigenvalue weighted by Gasteiger charge is 2.31. The fraction of sp³-hybridized carbons (Fsp3) is 0.233. The van der Waals surface area contributed by atoms with Crippen LogP contribution in [0.4, 0.5) is 28.0 Å². The molecule has 0 radical (unpaired) electrons. The maximum absolute atomic E-state index is 14.9. The van der Waals surface area contributed by atoms with Crippen molar-refractivity contribution in [3.8, 4) is 22.8 Å². The summed E-state index contributed by atoms with van der Waals surface area (Å²) in [4.78, 5) is 26.6. The molecular weight excluding hydrogens is 584 g/mol.